The van der Waals surface area contributed by atoms with E-state index >= 15 is 0 Å². The summed E-state index contributed by atoms with van der Waals surface area (Å²) in [5, 5.41) is 1.20. The van der Waals surface area contributed by atoms with E-state index in [1.807, 2.05) is 31.2 Å². The molecule has 1 N–H and O–H groups in total. The molecule has 3 aromatic heterocycles. The summed E-state index contributed by atoms with van der Waals surface area (Å²) in [6.45, 7) is 2.37. The number of aryl methyl sites for hydroxylation is 3. The van der Waals surface area contributed by atoms with Crippen molar-refractivity contribution in [3.05, 3.63) is 68.1 Å². The summed E-state index contributed by atoms with van der Waals surface area (Å²) in [4.78, 5) is 37.9. The molecule has 0 spiro atoms. The Hall–Kier alpha value is -2.80. The molecule has 1 aromatic carbocycles. The molecule has 24 heavy (non-hydrogen) atoms. The van der Waals surface area contributed by atoms with E-state index in [9.17, 15) is 9.59 Å². The topological polar surface area (TPSA) is 80.6 Å². The van der Waals surface area contributed by atoms with Gasteiger partial charge in [0.1, 0.15) is 10.7 Å². The molecular formula is C17H14N4O2S. The van der Waals surface area contributed by atoms with E-state index in [1.165, 1.54) is 11.3 Å². The van der Waals surface area contributed by atoms with Gasteiger partial charge in [-0.1, -0.05) is 12.1 Å². The van der Waals surface area contributed by atoms with Gasteiger partial charge in [0.2, 0.25) is 0 Å². The highest BCUT2D eigenvalue weighted by Crippen LogP contribution is 2.19. The third-order valence-electron chi connectivity index (χ3n) is 3.89. The molecule has 0 aliphatic rings. The number of rotatable bonds is 3. The lowest BCUT2D eigenvalue weighted by molar-refractivity contribution is 0.644. The van der Waals surface area contributed by atoms with Crippen LogP contribution in [0.4, 0.5) is 0 Å². The Kier molecular flexibility index (Phi) is 3.50. The van der Waals surface area contributed by atoms with Crippen LogP contribution in [0.15, 0.2) is 46.2 Å². The molecule has 0 radical (unpaired) electrons. The van der Waals surface area contributed by atoms with Crippen molar-refractivity contribution in [2.75, 3.05) is 0 Å². The molecule has 0 saturated carbocycles. The lowest BCUT2D eigenvalue weighted by Crippen LogP contribution is -2.22. The van der Waals surface area contributed by atoms with Gasteiger partial charge in [-0.3, -0.25) is 14.2 Å². The average Bonchev–Trinajstić information content (AvgIpc) is 2.96. The second-order valence-corrected chi connectivity index (χ2v) is 6.83. The van der Waals surface area contributed by atoms with Crippen molar-refractivity contribution in [3.8, 4) is 0 Å². The van der Waals surface area contributed by atoms with Gasteiger partial charge in [0.25, 0.3) is 11.1 Å². The third kappa shape index (κ3) is 2.52. The molecule has 3 heterocycles. The fourth-order valence-electron chi connectivity index (χ4n) is 2.72. The summed E-state index contributed by atoms with van der Waals surface area (Å²) in [6, 6.07) is 9.07. The van der Waals surface area contributed by atoms with Crippen molar-refractivity contribution in [1.82, 2.24) is 19.5 Å². The van der Waals surface area contributed by atoms with Crippen LogP contribution < -0.4 is 11.1 Å². The molecule has 120 valence electrons. The van der Waals surface area contributed by atoms with E-state index in [1.54, 1.807) is 17.0 Å². The summed E-state index contributed by atoms with van der Waals surface area (Å²) >= 11 is 1.51. The van der Waals surface area contributed by atoms with Gasteiger partial charge >= 0.3 is 0 Å². The quantitative estimate of drug-likeness (QED) is 0.621. The van der Waals surface area contributed by atoms with Crippen LogP contribution in [0.1, 0.15) is 10.7 Å². The van der Waals surface area contributed by atoms with Crippen LogP contribution >= 0.6 is 11.3 Å². The van der Waals surface area contributed by atoms with Crippen molar-refractivity contribution < 1.29 is 0 Å². The number of nitrogens with one attached hydrogen (secondary N) is 1. The monoisotopic (exact) mass is 338 g/mol. The first-order valence-electron chi connectivity index (χ1n) is 7.55. The first kappa shape index (κ1) is 14.8. The minimum Gasteiger partial charge on any atom is -0.310 e. The van der Waals surface area contributed by atoms with Gasteiger partial charge in [0, 0.05) is 17.8 Å². The summed E-state index contributed by atoms with van der Waals surface area (Å²) in [5.41, 5.74) is 0.433. The highest BCUT2D eigenvalue weighted by molar-refractivity contribution is 7.18. The van der Waals surface area contributed by atoms with Gasteiger partial charge in [-0.05, 0) is 25.1 Å². The number of hydrogen-bond acceptors (Lipinski definition) is 5. The number of hydrogen-bond donors (Lipinski definition) is 1. The third-order valence-corrected chi connectivity index (χ3v) is 4.85. The molecule has 0 aliphatic heterocycles. The second-order valence-electron chi connectivity index (χ2n) is 5.60. The van der Waals surface area contributed by atoms with Crippen LogP contribution in [0.5, 0.6) is 0 Å². The first-order valence-corrected chi connectivity index (χ1v) is 8.37. The summed E-state index contributed by atoms with van der Waals surface area (Å²) < 4.78 is 1.56. The Balaban J connectivity index is 1.67. The molecule has 4 aromatic rings. The Labute approximate surface area is 140 Å². The van der Waals surface area contributed by atoms with Crippen LogP contribution in [0, 0.1) is 6.92 Å². The van der Waals surface area contributed by atoms with Gasteiger partial charge in [-0.15, -0.1) is 11.3 Å². The van der Waals surface area contributed by atoms with Crippen molar-refractivity contribution in [3.63, 3.8) is 0 Å². The number of thiophene rings is 1. The molecule has 0 saturated heterocycles. The number of fused-ring (bicyclic) bond motifs is 2. The maximum Gasteiger partial charge on any atom is 0.262 e. The van der Waals surface area contributed by atoms with E-state index in [0.29, 0.717) is 35.1 Å². The van der Waals surface area contributed by atoms with Gasteiger partial charge in [-0.2, -0.15) is 0 Å². The fraction of sp³-hybridized carbons (Fsp3) is 0.176. The minimum atomic E-state index is -0.162. The number of H-pyrrole nitrogens is 1. The largest absolute Gasteiger partial charge is 0.310 e. The zero-order chi connectivity index (χ0) is 16.7. The Morgan fingerprint density at radius 3 is 2.92 bits per heavy atom. The summed E-state index contributed by atoms with van der Waals surface area (Å²) in [7, 11) is 0. The van der Waals surface area contributed by atoms with Gasteiger partial charge in [0.15, 0.2) is 0 Å². The maximum atomic E-state index is 12.5. The Bertz CT molecular complexity index is 1170. The molecule has 0 fully saturated rings. The predicted molar refractivity (Wildman–Crippen MR) is 94.7 cm³/mol. The van der Waals surface area contributed by atoms with E-state index < -0.39 is 0 Å². The number of benzene rings is 1. The van der Waals surface area contributed by atoms with Gasteiger partial charge in [0.05, 0.1) is 22.6 Å². The molecule has 0 bridgehead atoms. The van der Waals surface area contributed by atoms with E-state index in [4.69, 9.17) is 0 Å². The van der Waals surface area contributed by atoms with E-state index in [-0.39, 0.29) is 11.1 Å². The van der Waals surface area contributed by atoms with Crippen LogP contribution in [-0.2, 0) is 13.0 Å². The zero-order valence-electron chi connectivity index (χ0n) is 12.9. The van der Waals surface area contributed by atoms with Crippen molar-refractivity contribution in [1.29, 1.82) is 0 Å². The average molecular weight is 338 g/mol. The molecule has 0 unspecified atom stereocenters. The van der Waals surface area contributed by atoms with Crippen LogP contribution in [0.25, 0.3) is 21.1 Å². The van der Waals surface area contributed by atoms with E-state index in [0.717, 1.165) is 9.71 Å². The molecule has 7 heteroatoms. The molecule has 4 rings (SSSR count). The van der Waals surface area contributed by atoms with Crippen molar-refractivity contribution in [2.45, 2.75) is 19.9 Å². The first-order chi connectivity index (χ1) is 11.6. The van der Waals surface area contributed by atoms with Gasteiger partial charge < -0.3 is 4.98 Å². The highest BCUT2D eigenvalue weighted by Gasteiger charge is 2.08. The van der Waals surface area contributed by atoms with Crippen molar-refractivity contribution >= 4 is 32.5 Å². The highest BCUT2D eigenvalue weighted by atomic mass is 32.1. The standard InChI is InChI=1S/C17H14N4O2S/c1-10-8-12-16(24-10)18-9-21(17(12)23)7-6-14-19-13-5-3-2-4-11(13)15(22)20-14/h2-5,8-9H,6-7H2,1H3,(H,19,20,22). The zero-order valence-corrected chi connectivity index (χ0v) is 13.8. The Morgan fingerprint density at radius 2 is 2.04 bits per heavy atom. The Morgan fingerprint density at radius 1 is 1.21 bits per heavy atom. The minimum absolute atomic E-state index is 0.0625. The maximum absolute atomic E-state index is 12.5. The number of aromatic nitrogens is 4. The van der Waals surface area contributed by atoms with Crippen LogP contribution in [0.2, 0.25) is 0 Å². The summed E-state index contributed by atoms with van der Waals surface area (Å²) in [6.07, 6.45) is 2.01. The lowest BCUT2D eigenvalue weighted by Gasteiger charge is -2.06. The molecule has 0 amide bonds. The molecule has 0 aliphatic carbocycles. The SMILES string of the molecule is Cc1cc2c(=O)n(CCc3nc4ccccc4c(=O)[nH]3)cnc2s1. The lowest BCUT2D eigenvalue weighted by atomic mass is 10.2. The summed E-state index contributed by atoms with van der Waals surface area (Å²) in [5.74, 6) is 0.562. The van der Waals surface area contributed by atoms with Crippen LogP contribution in [0.3, 0.4) is 0 Å². The van der Waals surface area contributed by atoms with Crippen molar-refractivity contribution in [2.24, 2.45) is 0 Å². The second kappa shape index (κ2) is 5.68. The molecular weight excluding hydrogens is 324 g/mol. The number of para-hydroxylation sites is 1. The predicted octanol–water partition coefficient (Wildman–Crippen LogP) is 2.25. The smallest absolute Gasteiger partial charge is 0.262 e. The molecule has 0 atom stereocenters. The van der Waals surface area contributed by atoms with Crippen LogP contribution in [-0.4, -0.2) is 19.5 Å². The molecule has 6 nitrogen and oxygen atoms in total. The van der Waals surface area contributed by atoms with E-state index in [2.05, 4.69) is 15.0 Å². The van der Waals surface area contributed by atoms with Gasteiger partial charge in [-0.25, -0.2) is 9.97 Å². The normalized spacial score (nSPS) is 11.4. The fourth-order valence-corrected chi connectivity index (χ4v) is 3.56. The number of nitrogens with zero attached hydrogens (tertiary/aromatic N) is 3. The number of aromatic amines is 1.